The van der Waals surface area contributed by atoms with Gasteiger partial charge in [-0.05, 0) is 36.8 Å². The number of hydrogen-bond donors (Lipinski definition) is 1. The molecule has 2 aromatic heterocycles. The van der Waals surface area contributed by atoms with Crippen LogP contribution in [0.4, 0.5) is 13.2 Å². The van der Waals surface area contributed by atoms with Gasteiger partial charge in [-0.25, -0.2) is 4.98 Å². The molecule has 0 bridgehead atoms. The summed E-state index contributed by atoms with van der Waals surface area (Å²) in [5.41, 5.74) is 1.09. The highest BCUT2D eigenvalue weighted by Crippen LogP contribution is 2.34. The maximum atomic E-state index is 13.1. The molecule has 0 spiro atoms. The van der Waals surface area contributed by atoms with Crippen LogP contribution in [0.15, 0.2) is 24.3 Å². The highest BCUT2D eigenvalue weighted by Gasteiger charge is 2.33. The number of morpholine rings is 1. The van der Waals surface area contributed by atoms with Gasteiger partial charge in [-0.2, -0.15) is 13.2 Å². The Morgan fingerprint density at radius 3 is 2.61 bits per heavy atom. The molecule has 3 heterocycles. The van der Waals surface area contributed by atoms with Crippen LogP contribution in [-0.4, -0.2) is 47.1 Å². The first-order chi connectivity index (χ1) is 14.6. The number of hydrogen-bond acceptors (Lipinski definition) is 3. The van der Waals surface area contributed by atoms with Gasteiger partial charge >= 0.3 is 6.18 Å². The molecular weight excluding hydrogens is 454 g/mol. The molecule has 164 valence electrons. The van der Waals surface area contributed by atoms with E-state index < -0.39 is 11.9 Å². The molecule has 4 rings (SSSR count). The highest BCUT2D eigenvalue weighted by atomic mass is 35.5. The predicted octanol–water partition coefficient (Wildman–Crippen LogP) is 5.26. The molecule has 31 heavy (non-hydrogen) atoms. The fraction of sp³-hybridized carbons (Fsp3) is 0.333. The van der Waals surface area contributed by atoms with Gasteiger partial charge in [0.15, 0.2) is 0 Å². The number of aromatic amines is 1. The minimum Gasteiger partial charge on any atom is -0.378 e. The second-order valence-corrected chi connectivity index (χ2v) is 8.10. The summed E-state index contributed by atoms with van der Waals surface area (Å²) in [6, 6.07) is 5.89. The summed E-state index contributed by atoms with van der Waals surface area (Å²) in [4.78, 5) is 21.2. The summed E-state index contributed by atoms with van der Waals surface area (Å²) in [6.07, 6.45) is -4.32. The normalized spacial score (nSPS) is 15.0. The standard InChI is InChI=1S/C21H18Cl2F3N3O2/c1-11-14-8-12(28-17(14)10-18(27-11)21(24,25)26)9-15-16(22)3-2-13(19(15)23)20(30)29-4-6-31-7-5-29/h2-3,8,10,28H,4-7,9H2,1H3. The number of benzene rings is 1. The van der Waals surface area contributed by atoms with Crippen LogP contribution in [0.1, 0.15) is 33.0 Å². The van der Waals surface area contributed by atoms with Gasteiger partial charge in [-0.1, -0.05) is 23.2 Å². The molecule has 1 amide bonds. The molecule has 10 heteroatoms. The average Bonchev–Trinajstić information content (AvgIpc) is 3.14. The predicted molar refractivity (Wildman–Crippen MR) is 112 cm³/mol. The van der Waals surface area contributed by atoms with Gasteiger partial charge in [-0.3, -0.25) is 4.79 Å². The van der Waals surface area contributed by atoms with E-state index in [0.29, 0.717) is 59.0 Å². The fourth-order valence-corrected chi connectivity index (χ4v) is 4.23. The van der Waals surface area contributed by atoms with E-state index in [0.717, 1.165) is 6.07 Å². The lowest BCUT2D eigenvalue weighted by Crippen LogP contribution is -2.40. The van der Waals surface area contributed by atoms with Crippen LogP contribution in [0.3, 0.4) is 0 Å². The Bertz CT molecular complexity index is 1150. The summed E-state index contributed by atoms with van der Waals surface area (Å²) in [5, 5.41) is 1.18. The quantitative estimate of drug-likeness (QED) is 0.566. The SMILES string of the molecule is Cc1nc(C(F)(F)F)cc2[nH]c(Cc3c(Cl)ccc(C(=O)N4CCOCC4)c3Cl)cc12. The summed E-state index contributed by atoms with van der Waals surface area (Å²) in [6.45, 7) is 3.40. The van der Waals surface area contributed by atoms with Crippen molar-refractivity contribution in [3.63, 3.8) is 0 Å². The van der Waals surface area contributed by atoms with Gasteiger partial charge < -0.3 is 14.6 Å². The van der Waals surface area contributed by atoms with Crippen LogP contribution >= 0.6 is 23.2 Å². The average molecular weight is 472 g/mol. The minimum atomic E-state index is -4.54. The summed E-state index contributed by atoms with van der Waals surface area (Å²) >= 11 is 12.9. The number of alkyl halides is 3. The number of ether oxygens (including phenoxy) is 1. The van der Waals surface area contributed by atoms with E-state index in [1.54, 1.807) is 23.1 Å². The van der Waals surface area contributed by atoms with Crippen LogP contribution in [-0.2, 0) is 17.3 Å². The summed E-state index contributed by atoms with van der Waals surface area (Å²) < 4.78 is 44.5. The van der Waals surface area contributed by atoms with Crippen molar-refractivity contribution in [3.8, 4) is 0 Å². The number of aryl methyl sites for hydroxylation is 1. The van der Waals surface area contributed by atoms with Gasteiger partial charge in [0.05, 0.1) is 23.8 Å². The van der Waals surface area contributed by atoms with Crippen molar-refractivity contribution in [2.45, 2.75) is 19.5 Å². The van der Waals surface area contributed by atoms with Gasteiger partial charge in [0.1, 0.15) is 5.69 Å². The lowest BCUT2D eigenvalue weighted by Gasteiger charge is -2.27. The minimum absolute atomic E-state index is 0.210. The fourth-order valence-electron chi connectivity index (χ4n) is 3.64. The molecule has 3 aromatic rings. The molecule has 0 aliphatic carbocycles. The number of carbonyl (C=O) groups excluding carboxylic acids is 1. The first-order valence-electron chi connectivity index (χ1n) is 9.55. The monoisotopic (exact) mass is 471 g/mol. The van der Waals surface area contributed by atoms with E-state index in [9.17, 15) is 18.0 Å². The van der Waals surface area contributed by atoms with E-state index in [1.165, 1.54) is 6.92 Å². The number of amides is 1. The molecule has 0 atom stereocenters. The third kappa shape index (κ3) is 4.37. The first-order valence-corrected chi connectivity index (χ1v) is 10.3. The van der Waals surface area contributed by atoms with Gasteiger partial charge in [0, 0.05) is 46.8 Å². The lowest BCUT2D eigenvalue weighted by molar-refractivity contribution is -0.141. The molecule has 0 unspecified atom stereocenters. The number of fused-ring (bicyclic) bond motifs is 1. The van der Waals surface area contributed by atoms with Crippen molar-refractivity contribution in [3.05, 3.63) is 62.5 Å². The van der Waals surface area contributed by atoms with Crippen LogP contribution in [0.25, 0.3) is 10.9 Å². The van der Waals surface area contributed by atoms with Gasteiger partial charge in [0.25, 0.3) is 5.91 Å². The maximum absolute atomic E-state index is 13.1. The Labute approximate surface area is 186 Å². The Morgan fingerprint density at radius 2 is 1.94 bits per heavy atom. The smallest absolute Gasteiger partial charge is 0.378 e. The lowest BCUT2D eigenvalue weighted by atomic mass is 10.0. The molecule has 1 aliphatic heterocycles. The van der Waals surface area contributed by atoms with Crippen molar-refractivity contribution in [1.29, 1.82) is 0 Å². The van der Waals surface area contributed by atoms with Gasteiger partial charge in [-0.15, -0.1) is 0 Å². The number of aromatic nitrogens is 2. The summed E-state index contributed by atoms with van der Waals surface area (Å²) in [5.74, 6) is -0.210. The Morgan fingerprint density at radius 1 is 1.23 bits per heavy atom. The zero-order chi connectivity index (χ0) is 22.3. The number of H-pyrrole nitrogens is 1. The van der Waals surface area contributed by atoms with Crippen molar-refractivity contribution in [2.24, 2.45) is 0 Å². The first kappa shape index (κ1) is 21.9. The molecule has 1 aromatic carbocycles. The number of pyridine rings is 1. The molecular formula is C21H18Cl2F3N3O2. The highest BCUT2D eigenvalue weighted by molar-refractivity contribution is 6.38. The largest absolute Gasteiger partial charge is 0.433 e. The number of rotatable bonds is 3. The van der Waals surface area contributed by atoms with E-state index >= 15 is 0 Å². The van der Waals surface area contributed by atoms with Crippen LogP contribution in [0, 0.1) is 6.92 Å². The van der Waals surface area contributed by atoms with E-state index in [-0.39, 0.29) is 23.0 Å². The van der Waals surface area contributed by atoms with Crippen LogP contribution in [0.5, 0.6) is 0 Å². The van der Waals surface area contributed by atoms with Crippen molar-refractivity contribution in [1.82, 2.24) is 14.9 Å². The van der Waals surface area contributed by atoms with Gasteiger partial charge in [0.2, 0.25) is 0 Å². The third-order valence-corrected chi connectivity index (χ3v) is 6.02. The molecule has 1 N–H and O–H groups in total. The van der Waals surface area contributed by atoms with Crippen LogP contribution < -0.4 is 0 Å². The Balaban J connectivity index is 1.68. The van der Waals surface area contributed by atoms with E-state index in [4.69, 9.17) is 27.9 Å². The molecule has 1 saturated heterocycles. The van der Waals surface area contributed by atoms with Crippen LogP contribution in [0.2, 0.25) is 10.0 Å². The second-order valence-electron chi connectivity index (χ2n) is 7.32. The number of carbonyl (C=O) groups is 1. The number of halogens is 5. The molecule has 0 saturated carbocycles. The molecule has 1 fully saturated rings. The molecule has 5 nitrogen and oxygen atoms in total. The molecule has 0 radical (unpaired) electrons. The summed E-state index contributed by atoms with van der Waals surface area (Å²) in [7, 11) is 0. The van der Waals surface area contributed by atoms with Crippen molar-refractivity contribution < 1.29 is 22.7 Å². The van der Waals surface area contributed by atoms with E-state index in [2.05, 4.69) is 9.97 Å². The van der Waals surface area contributed by atoms with Crippen molar-refractivity contribution in [2.75, 3.05) is 26.3 Å². The Kier molecular flexibility index (Phi) is 5.89. The second kappa shape index (κ2) is 8.33. The topological polar surface area (TPSA) is 58.2 Å². The number of nitrogens with one attached hydrogen (secondary N) is 1. The zero-order valence-corrected chi connectivity index (χ0v) is 18.0. The maximum Gasteiger partial charge on any atom is 0.433 e. The number of nitrogens with zero attached hydrogens (tertiary/aromatic N) is 2. The van der Waals surface area contributed by atoms with E-state index in [1.807, 2.05) is 0 Å². The molecule has 1 aliphatic rings. The Hall–Kier alpha value is -2.29. The van der Waals surface area contributed by atoms with Crippen molar-refractivity contribution >= 4 is 40.0 Å². The third-order valence-electron chi connectivity index (χ3n) is 5.24. The zero-order valence-electron chi connectivity index (χ0n) is 16.4.